The van der Waals surface area contributed by atoms with Crippen molar-refractivity contribution < 1.29 is 13.2 Å². The molecule has 0 fully saturated rings. The van der Waals surface area contributed by atoms with E-state index in [1.54, 1.807) is 0 Å². The first kappa shape index (κ1) is 11.1. The normalized spacial score (nSPS) is 13.4. The van der Waals surface area contributed by atoms with Crippen LogP contribution in [-0.2, 0) is 18.6 Å². The van der Waals surface area contributed by atoms with Crippen molar-refractivity contribution in [2.24, 2.45) is 7.05 Å². The maximum absolute atomic E-state index is 12.4. The monoisotopic (exact) mass is 206 g/mol. The topological polar surface area (TPSA) is 17.8 Å². The highest BCUT2D eigenvalue weighted by Crippen LogP contribution is 2.31. The van der Waals surface area contributed by atoms with Gasteiger partial charge in [0.1, 0.15) is 0 Å². The second kappa shape index (κ2) is 3.00. The molecule has 80 valence electrons. The highest BCUT2D eigenvalue weighted by Gasteiger charge is 2.37. The summed E-state index contributed by atoms with van der Waals surface area (Å²) in [7, 11) is 1.39. The first-order valence-electron chi connectivity index (χ1n) is 4.23. The van der Waals surface area contributed by atoms with E-state index < -0.39 is 12.0 Å². The van der Waals surface area contributed by atoms with Crippen molar-refractivity contribution in [3.63, 3.8) is 0 Å². The SMILES string of the molecule is Cn1c(C(C)(C)C)cnc1C(F)(F)F. The molecule has 0 N–H and O–H groups in total. The predicted octanol–water partition coefficient (Wildman–Crippen LogP) is 2.74. The van der Waals surface area contributed by atoms with E-state index in [1.807, 2.05) is 20.8 Å². The van der Waals surface area contributed by atoms with Gasteiger partial charge >= 0.3 is 6.18 Å². The fourth-order valence-electron chi connectivity index (χ4n) is 1.37. The van der Waals surface area contributed by atoms with Gasteiger partial charge in [-0.1, -0.05) is 20.8 Å². The van der Waals surface area contributed by atoms with Gasteiger partial charge in [0.25, 0.3) is 0 Å². The Morgan fingerprint density at radius 2 is 1.71 bits per heavy atom. The van der Waals surface area contributed by atoms with Crippen LogP contribution in [0.3, 0.4) is 0 Å². The Morgan fingerprint density at radius 1 is 1.21 bits per heavy atom. The number of imidazole rings is 1. The van der Waals surface area contributed by atoms with E-state index >= 15 is 0 Å². The molecule has 2 nitrogen and oxygen atoms in total. The number of alkyl halides is 3. The predicted molar refractivity (Wildman–Crippen MR) is 46.9 cm³/mol. The fourth-order valence-corrected chi connectivity index (χ4v) is 1.37. The van der Waals surface area contributed by atoms with E-state index in [2.05, 4.69) is 4.98 Å². The third kappa shape index (κ3) is 1.91. The summed E-state index contributed by atoms with van der Waals surface area (Å²) in [5.74, 6) is -0.845. The van der Waals surface area contributed by atoms with Crippen molar-refractivity contribution in [3.8, 4) is 0 Å². The van der Waals surface area contributed by atoms with E-state index in [-0.39, 0.29) is 5.41 Å². The molecule has 0 aromatic carbocycles. The largest absolute Gasteiger partial charge is 0.449 e. The molecule has 1 heterocycles. The molecule has 0 spiro atoms. The molecule has 0 radical (unpaired) electrons. The van der Waals surface area contributed by atoms with Crippen LogP contribution in [0, 0.1) is 0 Å². The quantitative estimate of drug-likeness (QED) is 0.638. The Bertz CT molecular complexity index is 299. The first-order chi connectivity index (χ1) is 6.14. The van der Waals surface area contributed by atoms with Crippen LogP contribution in [0.1, 0.15) is 32.3 Å². The van der Waals surface area contributed by atoms with Crippen LogP contribution >= 0.6 is 0 Å². The molecule has 1 aromatic rings. The van der Waals surface area contributed by atoms with E-state index in [0.717, 1.165) is 4.57 Å². The molecule has 1 rings (SSSR count). The summed E-state index contributed by atoms with van der Waals surface area (Å²) in [5.41, 5.74) is 0.246. The van der Waals surface area contributed by atoms with Crippen molar-refractivity contribution in [1.82, 2.24) is 9.55 Å². The summed E-state index contributed by atoms with van der Waals surface area (Å²) in [5, 5.41) is 0. The summed E-state index contributed by atoms with van der Waals surface area (Å²) in [6, 6.07) is 0. The van der Waals surface area contributed by atoms with Crippen molar-refractivity contribution in [1.29, 1.82) is 0 Å². The lowest BCUT2D eigenvalue weighted by Gasteiger charge is -2.19. The molecule has 0 atom stereocenters. The Morgan fingerprint density at radius 3 is 1.93 bits per heavy atom. The van der Waals surface area contributed by atoms with Gasteiger partial charge in [0.15, 0.2) is 0 Å². The molecule has 0 aliphatic carbocycles. The summed E-state index contributed by atoms with van der Waals surface area (Å²) in [4.78, 5) is 3.39. The molecule has 0 amide bonds. The van der Waals surface area contributed by atoms with Gasteiger partial charge in [-0.15, -0.1) is 0 Å². The van der Waals surface area contributed by atoms with Crippen LogP contribution in [0.25, 0.3) is 0 Å². The molecule has 0 saturated heterocycles. The molecule has 0 bridgehead atoms. The second-order valence-corrected chi connectivity index (χ2v) is 4.27. The van der Waals surface area contributed by atoms with Gasteiger partial charge in [0.05, 0.1) is 0 Å². The average molecular weight is 206 g/mol. The smallest absolute Gasteiger partial charge is 0.327 e. The zero-order valence-electron chi connectivity index (χ0n) is 8.61. The van der Waals surface area contributed by atoms with Gasteiger partial charge in [-0.3, -0.25) is 0 Å². The van der Waals surface area contributed by atoms with Gasteiger partial charge in [-0.25, -0.2) is 4.98 Å². The first-order valence-corrected chi connectivity index (χ1v) is 4.23. The van der Waals surface area contributed by atoms with Crippen LogP contribution in [0.5, 0.6) is 0 Å². The minimum atomic E-state index is -4.38. The number of nitrogens with zero attached hydrogens (tertiary/aromatic N) is 2. The van der Waals surface area contributed by atoms with Crippen molar-refractivity contribution >= 4 is 0 Å². The van der Waals surface area contributed by atoms with E-state index in [1.165, 1.54) is 13.2 Å². The fraction of sp³-hybridized carbons (Fsp3) is 0.667. The Balaban J connectivity index is 3.23. The number of halogens is 3. The number of rotatable bonds is 0. The van der Waals surface area contributed by atoms with Gasteiger partial charge in [-0.2, -0.15) is 13.2 Å². The molecular weight excluding hydrogens is 193 g/mol. The summed E-state index contributed by atoms with van der Waals surface area (Å²) >= 11 is 0. The molecular formula is C9H13F3N2. The molecule has 0 aliphatic rings. The third-order valence-electron chi connectivity index (χ3n) is 2.01. The van der Waals surface area contributed by atoms with E-state index in [0.29, 0.717) is 5.69 Å². The Kier molecular flexibility index (Phi) is 2.37. The summed E-state index contributed by atoms with van der Waals surface area (Å²) < 4.78 is 38.2. The Labute approximate surface area is 80.8 Å². The highest BCUT2D eigenvalue weighted by molar-refractivity contribution is 5.15. The lowest BCUT2D eigenvalue weighted by Crippen LogP contribution is -2.19. The molecule has 14 heavy (non-hydrogen) atoms. The van der Waals surface area contributed by atoms with Crippen molar-refractivity contribution in [2.75, 3.05) is 0 Å². The van der Waals surface area contributed by atoms with Crippen LogP contribution < -0.4 is 0 Å². The highest BCUT2D eigenvalue weighted by atomic mass is 19.4. The van der Waals surface area contributed by atoms with Crippen molar-refractivity contribution in [2.45, 2.75) is 32.4 Å². The molecule has 0 aliphatic heterocycles. The minimum absolute atomic E-state index is 0.328. The van der Waals surface area contributed by atoms with Crippen LogP contribution in [-0.4, -0.2) is 9.55 Å². The second-order valence-electron chi connectivity index (χ2n) is 4.27. The van der Waals surface area contributed by atoms with Gasteiger partial charge in [-0.05, 0) is 0 Å². The van der Waals surface area contributed by atoms with Crippen LogP contribution in [0.2, 0.25) is 0 Å². The number of aromatic nitrogens is 2. The minimum Gasteiger partial charge on any atom is -0.327 e. The summed E-state index contributed by atoms with van der Waals surface area (Å²) in [6.07, 6.45) is -3.10. The number of hydrogen-bond donors (Lipinski definition) is 0. The van der Waals surface area contributed by atoms with Crippen molar-refractivity contribution in [3.05, 3.63) is 17.7 Å². The molecule has 5 heteroatoms. The van der Waals surface area contributed by atoms with Gasteiger partial charge in [0, 0.05) is 24.4 Å². The average Bonchev–Trinajstić information content (AvgIpc) is 2.26. The molecule has 1 aromatic heterocycles. The van der Waals surface area contributed by atoms with Gasteiger partial charge < -0.3 is 4.57 Å². The maximum Gasteiger partial charge on any atom is 0.449 e. The zero-order valence-corrected chi connectivity index (χ0v) is 8.61. The molecule has 0 unspecified atom stereocenters. The van der Waals surface area contributed by atoms with Crippen LogP contribution in [0.15, 0.2) is 6.20 Å². The summed E-state index contributed by atoms with van der Waals surface area (Å²) in [6.45, 7) is 5.55. The lowest BCUT2D eigenvalue weighted by atomic mass is 9.93. The zero-order chi connectivity index (χ0) is 11.1. The van der Waals surface area contributed by atoms with E-state index in [4.69, 9.17) is 0 Å². The lowest BCUT2D eigenvalue weighted by molar-refractivity contribution is -0.146. The van der Waals surface area contributed by atoms with Crippen LogP contribution in [0.4, 0.5) is 13.2 Å². The number of hydrogen-bond acceptors (Lipinski definition) is 1. The Hall–Kier alpha value is -1.00. The maximum atomic E-state index is 12.4. The standard InChI is InChI=1S/C9H13F3N2/c1-8(2,3)6-5-13-7(14(6)4)9(10,11)12/h5H,1-4H3. The molecule has 0 saturated carbocycles. The van der Waals surface area contributed by atoms with Gasteiger partial charge in [0.2, 0.25) is 5.82 Å². The van der Waals surface area contributed by atoms with E-state index in [9.17, 15) is 13.2 Å². The third-order valence-corrected chi connectivity index (χ3v) is 2.01.